The average molecular weight is 542 g/mol. The first kappa shape index (κ1) is 26.8. The van der Waals surface area contributed by atoms with E-state index in [-0.39, 0.29) is 23.2 Å². The largest absolute Gasteiger partial charge is 0.416 e. The van der Waals surface area contributed by atoms with Crippen LogP contribution in [0.3, 0.4) is 0 Å². The number of amides is 2. The molecular weight excluding hydrogens is 514 g/mol. The van der Waals surface area contributed by atoms with Crippen molar-refractivity contribution in [2.45, 2.75) is 57.0 Å². The third-order valence-corrected chi connectivity index (χ3v) is 7.21. The van der Waals surface area contributed by atoms with Gasteiger partial charge in [0.25, 0.3) is 11.8 Å². The van der Waals surface area contributed by atoms with Crippen molar-refractivity contribution >= 4 is 23.2 Å². The number of nitrogens with zero attached hydrogens (tertiary/aromatic N) is 3. The van der Waals surface area contributed by atoms with E-state index in [1.165, 1.54) is 23.1 Å². The van der Waals surface area contributed by atoms with E-state index in [1.54, 1.807) is 17.0 Å². The molecule has 2 aromatic carbocycles. The van der Waals surface area contributed by atoms with Crippen molar-refractivity contribution < 1.29 is 31.9 Å². The van der Waals surface area contributed by atoms with Crippen molar-refractivity contribution in [3.63, 3.8) is 0 Å². The van der Waals surface area contributed by atoms with Crippen molar-refractivity contribution in [1.29, 1.82) is 0 Å². The smallest absolute Gasteiger partial charge is 0.367 e. The van der Waals surface area contributed by atoms with Gasteiger partial charge in [-0.2, -0.15) is 13.2 Å². The molecule has 1 unspecified atom stereocenters. The number of alkyl halides is 3. The fourth-order valence-electron chi connectivity index (χ4n) is 5.49. The zero-order valence-corrected chi connectivity index (χ0v) is 21.0. The molecule has 1 fully saturated rings. The molecule has 0 bridgehead atoms. The summed E-state index contributed by atoms with van der Waals surface area (Å²) in [6.45, 7) is -1.15. The standard InChI is InChI=1S/C29H27F4N3O3/c30-20-7-6-10-22(15-20)36(26(37)18-39-17-19-16-34-14-13-24(19)29(31,32)33)27-23-11-4-5-12-25(23)35(28(27)38)21-8-2-1-3-9-21/h4-7,10-16,21,27H,1-3,8-9,17-18H2. The van der Waals surface area contributed by atoms with Gasteiger partial charge >= 0.3 is 6.18 Å². The topological polar surface area (TPSA) is 62.7 Å². The predicted molar refractivity (Wildman–Crippen MR) is 136 cm³/mol. The summed E-state index contributed by atoms with van der Waals surface area (Å²) in [6, 6.07) is 12.3. The summed E-state index contributed by atoms with van der Waals surface area (Å²) in [4.78, 5) is 34.3. The first-order chi connectivity index (χ1) is 18.8. The molecule has 0 N–H and O–H groups in total. The number of para-hydroxylation sites is 1. The first-order valence-corrected chi connectivity index (χ1v) is 12.8. The maximum absolute atomic E-state index is 14.3. The van der Waals surface area contributed by atoms with Gasteiger partial charge in [-0.15, -0.1) is 0 Å². The number of ether oxygens (including phenoxy) is 1. The molecule has 0 saturated heterocycles. The Balaban J connectivity index is 1.45. The van der Waals surface area contributed by atoms with Crippen LogP contribution in [0.5, 0.6) is 0 Å². The van der Waals surface area contributed by atoms with Gasteiger partial charge in [-0.1, -0.05) is 43.5 Å². The van der Waals surface area contributed by atoms with E-state index < -0.39 is 42.7 Å². The molecule has 1 atom stereocenters. The molecule has 2 heterocycles. The van der Waals surface area contributed by atoms with Gasteiger partial charge in [-0.05, 0) is 43.2 Å². The Morgan fingerprint density at radius 3 is 2.56 bits per heavy atom. The molecule has 2 amide bonds. The highest BCUT2D eigenvalue weighted by molar-refractivity contribution is 6.11. The first-order valence-electron chi connectivity index (χ1n) is 12.8. The van der Waals surface area contributed by atoms with E-state index in [0.717, 1.165) is 56.6 Å². The number of hydrogen-bond acceptors (Lipinski definition) is 4. The van der Waals surface area contributed by atoms with Crippen LogP contribution < -0.4 is 9.80 Å². The lowest BCUT2D eigenvalue weighted by molar-refractivity contribution is -0.139. The van der Waals surface area contributed by atoms with Gasteiger partial charge in [-0.25, -0.2) is 4.39 Å². The van der Waals surface area contributed by atoms with Crippen molar-refractivity contribution in [1.82, 2.24) is 4.98 Å². The number of aromatic nitrogens is 1. The highest BCUT2D eigenvalue weighted by Gasteiger charge is 2.45. The molecule has 0 radical (unpaired) electrons. The van der Waals surface area contributed by atoms with Gasteiger partial charge in [0.15, 0.2) is 0 Å². The molecule has 2 aliphatic rings. The maximum atomic E-state index is 14.3. The number of carbonyl (C=O) groups excluding carboxylic acids is 2. The Morgan fingerprint density at radius 2 is 1.82 bits per heavy atom. The molecule has 1 saturated carbocycles. The Morgan fingerprint density at radius 1 is 1.05 bits per heavy atom. The van der Waals surface area contributed by atoms with Crippen molar-refractivity contribution in [2.75, 3.05) is 16.4 Å². The van der Waals surface area contributed by atoms with E-state index in [1.807, 2.05) is 12.1 Å². The lowest BCUT2D eigenvalue weighted by Crippen LogP contribution is -2.46. The minimum Gasteiger partial charge on any atom is -0.367 e. The van der Waals surface area contributed by atoms with Crippen molar-refractivity contribution in [2.24, 2.45) is 0 Å². The van der Waals surface area contributed by atoms with Gasteiger partial charge < -0.3 is 9.64 Å². The summed E-state index contributed by atoms with van der Waals surface area (Å²) in [5.74, 6) is -1.58. The highest BCUT2D eigenvalue weighted by atomic mass is 19.4. The second kappa shape index (κ2) is 11.1. The zero-order chi connectivity index (χ0) is 27.6. The van der Waals surface area contributed by atoms with Crippen LogP contribution in [0, 0.1) is 5.82 Å². The van der Waals surface area contributed by atoms with E-state index >= 15 is 0 Å². The molecule has 6 nitrogen and oxygen atoms in total. The number of benzene rings is 2. The molecule has 10 heteroatoms. The van der Waals surface area contributed by atoms with Gasteiger partial charge in [-0.3, -0.25) is 19.5 Å². The van der Waals surface area contributed by atoms with Gasteiger partial charge in [0.2, 0.25) is 0 Å². The monoisotopic (exact) mass is 541 g/mol. The van der Waals surface area contributed by atoms with Crippen LogP contribution in [0.25, 0.3) is 0 Å². The van der Waals surface area contributed by atoms with Crippen molar-refractivity contribution in [3.8, 4) is 0 Å². The normalized spacial score (nSPS) is 17.8. The number of rotatable bonds is 7. The molecule has 204 valence electrons. The van der Waals surface area contributed by atoms with Crippen LogP contribution >= 0.6 is 0 Å². The third kappa shape index (κ3) is 5.52. The fourth-order valence-corrected chi connectivity index (χ4v) is 5.49. The molecule has 3 aromatic rings. The van der Waals surface area contributed by atoms with Gasteiger partial charge in [0, 0.05) is 40.9 Å². The number of pyridine rings is 1. The predicted octanol–water partition coefficient (Wildman–Crippen LogP) is 6.21. The molecule has 5 rings (SSSR count). The molecule has 1 aromatic heterocycles. The zero-order valence-electron chi connectivity index (χ0n) is 21.0. The van der Waals surface area contributed by atoms with Crippen LogP contribution in [0.15, 0.2) is 67.0 Å². The number of hydrogen-bond donors (Lipinski definition) is 0. The summed E-state index contributed by atoms with van der Waals surface area (Å²) in [7, 11) is 0. The lowest BCUT2D eigenvalue weighted by atomic mass is 9.94. The minimum atomic E-state index is -4.61. The Hall–Kier alpha value is -3.79. The van der Waals surface area contributed by atoms with E-state index in [4.69, 9.17) is 4.74 Å². The SMILES string of the molecule is O=C1C(N(C(=O)COCc2cnccc2C(F)(F)F)c2cccc(F)c2)c2ccccc2N1C1CCCCC1. The molecule has 0 spiro atoms. The number of anilines is 2. The summed E-state index contributed by atoms with van der Waals surface area (Å²) in [5.41, 5.74) is 0.340. The molecular formula is C29H27F4N3O3. The Kier molecular flexibility index (Phi) is 7.65. The van der Waals surface area contributed by atoms with E-state index in [0.29, 0.717) is 11.3 Å². The molecule has 1 aliphatic carbocycles. The average Bonchev–Trinajstić information content (AvgIpc) is 3.21. The van der Waals surface area contributed by atoms with Crippen LogP contribution in [-0.2, 0) is 27.1 Å². The van der Waals surface area contributed by atoms with Gasteiger partial charge in [0.05, 0.1) is 12.2 Å². The number of carbonyl (C=O) groups is 2. The van der Waals surface area contributed by atoms with Gasteiger partial charge in [0.1, 0.15) is 18.5 Å². The van der Waals surface area contributed by atoms with Crippen LogP contribution in [0.4, 0.5) is 28.9 Å². The summed E-state index contributed by atoms with van der Waals surface area (Å²) in [6.07, 6.45) is 2.24. The second-order valence-electron chi connectivity index (χ2n) is 9.73. The quantitative estimate of drug-likeness (QED) is 0.334. The Labute approximate surface area is 223 Å². The van der Waals surface area contributed by atoms with E-state index in [9.17, 15) is 27.2 Å². The summed E-state index contributed by atoms with van der Waals surface area (Å²) < 4.78 is 59.8. The summed E-state index contributed by atoms with van der Waals surface area (Å²) >= 11 is 0. The molecule has 1 aliphatic heterocycles. The number of halogens is 4. The highest BCUT2D eigenvalue weighted by Crippen LogP contribution is 2.44. The van der Waals surface area contributed by atoms with Crippen LogP contribution in [0.1, 0.15) is 54.8 Å². The second-order valence-corrected chi connectivity index (χ2v) is 9.73. The Bertz CT molecular complexity index is 1360. The maximum Gasteiger partial charge on any atom is 0.416 e. The summed E-state index contributed by atoms with van der Waals surface area (Å²) in [5, 5.41) is 0. The minimum absolute atomic E-state index is 0.00974. The van der Waals surface area contributed by atoms with E-state index in [2.05, 4.69) is 4.98 Å². The molecule has 39 heavy (non-hydrogen) atoms. The van der Waals surface area contributed by atoms with Crippen LogP contribution in [-0.4, -0.2) is 29.4 Å². The van der Waals surface area contributed by atoms with Crippen LogP contribution in [0.2, 0.25) is 0 Å². The third-order valence-electron chi connectivity index (χ3n) is 7.21. The van der Waals surface area contributed by atoms with Crippen molar-refractivity contribution in [3.05, 3.63) is 89.5 Å². The number of fused-ring (bicyclic) bond motifs is 1. The fraction of sp³-hybridized carbons (Fsp3) is 0.345. The lowest BCUT2D eigenvalue weighted by Gasteiger charge is -2.33.